The molecule has 3 heteroatoms. The molecule has 2 nitrogen and oxygen atoms in total. The van der Waals surface area contributed by atoms with Crippen molar-refractivity contribution in [2.24, 2.45) is 0 Å². The molecule has 0 saturated heterocycles. The first-order chi connectivity index (χ1) is 7.06. The highest BCUT2D eigenvalue weighted by Crippen LogP contribution is 2.20. The number of hydrogen-bond acceptors (Lipinski definition) is 1. The Morgan fingerprint density at radius 3 is 2.60 bits per heavy atom. The molecule has 0 atom stereocenters. The largest absolute Gasteiger partial charge is 0.315 e. The van der Waals surface area contributed by atoms with E-state index in [0.29, 0.717) is 11.8 Å². The summed E-state index contributed by atoms with van der Waals surface area (Å²) in [6, 6.07) is 6.12. The number of aryl methyl sites for hydroxylation is 2. The Bertz CT molecular complexity index is 363. The Kier molecular flexibility index (Phi) is 4.33. The van der Waals surface area contributed by atoms with Crippen LogP contribution in [0.25, 0.3) is 0 Å². The van der Waals surface area contributed by atoms with Crippen molar-refractivity contribution in [3.63, 3.8) is 0 Å². The molecular weight excluding hydrogens is 254 g/mol. The van der Waals surface area contributed by atoms with E-state index in [0.717, 1.165) is 11.3 Å². The molecule has 1 aromatic rings. The van der Waals surface area contributed by atoms with Crippen molar-refractivity contribution in [2.45, 2.75) is 20.3 Å². The molecule has 0 spiro atoms. The highest BCUT2D eigenvalue weighted by atomic mass is 79.9. The summed E-state index contributed by atoms with van der Waals surface area (Å²) in [5.41, 5.74) is 3.35. The zero-order valence-electron chi connectivity index (χ0n) is 9.38. The molecule has 0 bridgehead atoms. The third-order valence-corrected chi connectivity index (χ3v) is 2.79. The summed E-state index contributed by atoms with van der Waals surface area (Å²) < 4.78 is 0. The van der Waals surface area contributed by atoms with Gasteiger partial charge in [0.05, 0.1) is 0 Å². The smallest absolute Gasteiger partial charge is 0.227 e. The first-order valence-electron chi connectivity index (χ1n) is 4.96. The summed E-state index contributed by atoms with van der Waals surface area (Å²) >= 11 is 3.27. The molecule has 1 aromatic carbocycles. The van der Waals surface area contributed by atoms with Crippen LogP contribution in [-0.4, -0.2) is 18.3 Å². The van der Waals surface area contributed by atoms with Crippen molar-refractivity contribution in [1.29, 1.82) is 0 Å². The van der Waals surface area contributed by atoms with E-state index >= 15 is 0 Å². The maximum atomic E-state index is 11.7. The van der Waals surface area contributed by atoms with E-state index in [2.05, 4.69) is 28.9 Å². The van der Waals surface area contributed by atoms with Crippen molar-refractivity contribution < 1.29 is 4.79 Å². The molecule has 1 rings (SSSR count). The minimum Gasteiger partial charge on any atom is -0.315 e. The Labute approximate surface area is 99.4 Å². The van der Waals surface area contributed by atoms with E-state index in [1.807, 2.05) is 26.1 Å². The fraction of sp³-hybridized carbons (Fsp3) is 0.417. The zero-order valence-corrected chi connectivity index (χ0v) is 11.0. The quantitative estimate of drug-likeness (QED) is 0.773. The first-order valence-corrected chi connectivity index (χ1v) is 6.08. The molecule has 0 heterocycles. The van der Waals surface area contributed by atoms with E-state index in [1.54, 1.807) is 4.90 Å². The van der Waals surface area contributed by atoms with E-state index in [9.17, 15) is 4.79 Å². The van der Waals surface area contributed by atoms with Gasteiger partial charge in [0, 0.05) is 24.5 Å². The lowest BCUT2D eigenvalue weighted by Gasteiger charge is -2.19. The minimum absolute atomic E-state index is 0.138. The summed E-state index contributed by atoms with van der Waals surface area (Å²) in [4.78, 5) is 13.4. The van der Waals surface area contributed by atoms with Crippen LogP contribution in [0.5, 0.6) is 0 Å². The summed E-state index contributed by atoms with van der Waals surface area (Å²) in [5.74, 6) is 0.138. The fourth-order valence-electron chi connectivity index (χ4n) is 1.56. The third-order valence-electron chi connectivity index (χ3n) is 2.40. The number of carbonyl (C=O) groups is 1. The molecule has 0 aromatic heterocycles. The first kappa shape index (κ1) is 12.2. The third kappa shape index (κ3) is 3.06. The number of carbonyl (C=O) groups excluding carboxylic acids is 1. The number of amides is 1. The van der Waals surface area contributed by atoms with E-state index < -0.39 is 0 Å². The summed E-state index contributed by atoms with van der Waals surface area (Å²) in [6.45, 7) is 4.08. The lowest BCUT2D eigenvalue weighted by Crippen LogP contribution is -2.26. The molecule has 0 saturated carbocycles. The Morgan fingerprint density at radius 2 is 2.07 bits per heavy atom. The SMILES string of the molecule is Cc1ccc(N(C)C(=O)CCBr)c(C)c1. The van der Waals surface area contributed by atoms with Gasteiger partial charge in [-0.2, -0.15) is 0 Å². The highest BCUT2D eigenvalue weighted by molar-refractivity contribution is 9.09. The Balaban J connectivity index is 2.91. The lowest BCUT2D eigenvalue weighted by molar-refractivity contribution is -0.117. The van der Waals surface area contributed by atoms with Crippen LogP contribution in [0.4, 0.5) is 5.69 Å². The zero-order chi connectivity index (χ0) is 11.4. The van der Waals surface area contributed by atoms with Crippen LogP contribution in [0, 0.1) is 13.8 Å². The standard InChI is InChI=1S/C12H16BrNO/c1-9-4-5-11(10(2)8-9)14(3)12(15)6-7-13/h4-5,8H,6-7H2,1-3H3. The molecule has 0 aliphatic carbocycles. The average molecular weight is 270 g/mol. The van der Waals surface area contributed by atoms with Gasteiger partial charge >= 0.3 is 0 Å². The summed E-state index contributed by atoms with van der Waals surface area (Å²) in [7, 11) is 1.82. The van der Waals surface area contributed by atoms with E-state index in [4.69, 9.17) is 0 Å². The van der Waals surface area contributed by atoms with Crippen molar-refractivity contribution in [1.82, 2.24) is 0 Å². The molecule has 0 aliphatic rings. The van der Waals surface area contributed by atoms with Crippen molar-refractivity contribution in [3.05, 3.63) is 29.3 Å². The minimum atomic E-state index is 0.138. The average Bonchev–Trinajstić information content (AvgIpc) is 2.17. The topological polar surface area (TPSA) is 20.3 Å². The maximum Gasteiger partial charge on any atom is 0.227 e. The molecule has 1 amide bonds. The van der Waals surface area contributed by atoms with Crippen LogP contribution in [0.1, 0.15) is 17.5 Å². The molecule has 0 N–H and O–H groups in total. The second-order valence-electron chi connectivity index (χ2n) is 3.68. The number of benzene rings is 1. The van der Waals surface area contributed by atoms with Crippen LogP contribution in [0.3, 0.4) is 0 Å². The highest BCUT2D eigenvalue weighted by Gasteiger charge is 2.11. The predicted octanol–water partition coefficient (Wildman–Crippen LogP) is 3.05. The van der Waals surface area contributed by atoms with Gasteiger partial charge in [-0.1, -0.05) is 33.6 Å². The lowest BCUT2D eigenvalue weighted by atomic mass is 10.1. The van der Waals surface area contributed by atoms with Crippen molar-refractivity contribution in [3.8, 4) is 0 Å². The normalized spacial score (nSPS) is 10.1. The van der Waals surface area contributed by atoms with Crippen LogP contribution in [0.15, 0.2) is 18.2 Å². The molecule has 0 aliphatic heterocycles. The molecule has 0 unspecified atom stereocenters. The Hall–Kier alpha value is -0.830. The van der Waals surface area contributed by atoms with Gasteiger partial charge in [-0.25, -0.2) is 0 Å². The number of halogens is 1. The second kappa shape index (κ2) is 5.31. The van der Waals surface area contributed by atoms with Gasteiger partial charge < -0.3 is 4.90 Å². The molecule has 0 radical (unpaired) electrons. The van der Waals surface area contributed by atoms with Gasteiger partial charge in [-0.3, -0.25) is 4.79 Å². The molecule has 82 valence electrons. The van der Waals surface area contributed by atoms with Gasteiger partial charge in [-0.05, 0) is 25.5 Å². The number of anilines is 1. The van der Waals surface area contributed by atoms with Crippen LogP contribution in [-0.2, 0) is 4.79 Å². The molecular formula is C12H16BrNO. The fourth-order valence-corrected chi connectivity index (χ4v) is 1.90. The van der Waals surface area contributed by atoms with Gasteiger partial charge in [-0.15, -0.1) is 0 Å². The van der Waals surface area contributed by atoms with Gasteiger partial charge in [0.15, 0.2) is 0 Å². The number of rotatable bonds is 3. The molecule has 0 fully saturated rings. The number of alkyl halides is 1. The van der Waals surface area contributed by atoms with Crippen LogP contribution < -0.4 is 4.90 Å². The van der Waals surface area contributed by atoms with Crippen LogP contribution >= 0.6 is 15.9 Å². The summed E-state index contributed by atoms with van der Waals surface area (Å²) in [5, 5.41) is 0.709. The monoisotopic (exact) mass is 269 g/mol. The van der Waals surface area contributed by atoms with Gasteiger partial charge in [0.2, 0.25) is 5.91 Å². The number of nitrogens with zero attached hydrogens (tertiary/aromatic N) is 1. The summed E-state index contributed by atoms with van der Waals surface area (Å²) in [6.07, 6.45) is 0.532. The maximum absolute atomic E-state index is 11.7. The van der Waals surface area contributed by atoms with Gasteiger partial charge in [0.1, 0.15) is 0 Å². The van der Waals surface area contributed by atoms with Crippen molar-refractivity contribution >= 4 is 27.5 Å². The van der Waals surface area contributed by atoms with E-state index in [1.165, 1.54) is 5.56 Å². The Morgan fingerprint density at radius 1 is 1.40 bits per heavy atom. The van der Waals surface area contributed by atoms with Crippen LogP contribution in [0.2, 0.25) is 0 Å². The number of hydrogen-bond donors (Lipinski definition) is 0. The predicted molar refractivity (Wildman–Crippen MR) is 67.7 cm³/mol. The van der Waals surface area contributed by atoms with Gasteiger partial charge in [0.25, 0.3) is 0 Å². The molecule has 15 heavy (non-hydrogen) atoms. The second-order valence-corrected chi connectivity index (χ2v) is 4.47. The van der Waals surface area contributed by atoms with Crippen molar-refractivity contribution in [2.75, 3.05) is 17.3 Å². The van der Waals surface area contributed by atoms with E-state index in [-0.39, 0.29) is 5.91 Å².